The highest BCUT2D eigenvalue weighted by Crippen LogP contribution is 2.48. The standard InChI is InChI=1S/2C62H39N3/c1-3-14-40(15-4-1)42-26-28-43(29-27-42)46-19-13-20-48(38-46)61-53-24-11-12-25-55(53)63-62(64-61)52-34-37-56(51-23-10-9-22-50(51)52)65-57-35-32-44-18-7-8-21-49(44)59(57)60-54-39-47(41-16-5-2-6-17-41)31-30-45(54)33-36-58(60)65;1-3-13-40(14-4-1)42-23-25-43(26-24-42)44-27-29-46(30-28-44)61-54-21-11-12-22-55(54)63-62(64-61)53-35-38-56(52-20-10-9-19-51(52)53)65-57-36-32-45-17-7-8-18-49(45)59(57)60-50-34-31-47(41-15-5-2-6-16-41)39-48(50)33-37-58(60)65/h2*1-39H. The van der Waals surface area contributed by atoms with Crippen molar-refractivity contribution in [3.63, 3.8) is 0 Å². The topological polar surface area (TPSA) is 61.4 Å². The van der Waals surface area contributed by atoms with E-state index in [0.717, 1.165) is 105 Å². The maximum Gasteiger partial charge on any atom is 0.161 e. The van der Waals surface area contributed by atoms with Crippen LogP contribution in [0, 0.1) is 0 Å². The number of para-hydroxylation sites is 2. The van der Waals surface area contributed by atoms with Gasteiger partial charge >= 0.3 is 0 Å². The van der Waals surface area contributed by atoms with Crippen molar-refractivity contribution < 1.29 is 0 Å². The van der Waals surface area contributed by atoms with Crippen LogP contribution in [-0.2, 0) is 0 Å². The minimum atomic E-state index is 0.701. The van der Waals surface area contributed by atoms with E-state index in [9.17, 15) is 0 Å². The first kappa shape index (κ1) is 75.2. The van der Waals surface area contributed by atoms with E-state index in [1.807, 2.05) is 0 Å². The van der Waals surface area contributed by atoms with Crippen LogP contribution < -0.4 is 0 Å². The molecule has 0 saturated heterocycles. The van der Waals surface area contributed by atoms with Crippen molar-refractivity contribution >= 4 is 130 Å². The molecular formula is C124H78N6. The van der Waals surface area contributed by atoms with Gasteiger partial charge in [0, 0.05) is 65.3 Å². The van der Waals surface area contributed by atoms with Crippen molar-refractivity contribution in [2.75, 3.05) is 0 Å². The van der Waals surface area contributed by atoms with Gasteiger partial charge in [-0.3, -0.25) is 0 Å². The van der Waals surface area contributed by atoms with E-state index in [1.165, 1.54) is 137 Å². The number of hydrogen-bond donors (Lipinski definition) is 0. The summed E-state index contributed by atoms with van der Waals surface area (Å²) in [6, 6.07) is 170. The Labute approximate surface area is 750 Å². The first-order chi connectivity index (χ1) is 64.5. The molecule has 604 valence electrons. The summed E-state index contributed by atoms with van der Waals surface area (Å²) in [5.41, 5.74) is 29.0. The van der Waals surface area contributed by atoms with Gasteiger partial charge in [-0.25, -0.2) is 19.9 Å². The summed E-state index contributed by atoms with van der Waals surface area (Å²) < 4.78 is 4.94. The lowest BCUT2D eigenvalue weighted by atomic mass is 9.96. The monoisotopic (exact) mass is 1650 g/mol. The lowest BCUT2D eigenvalue weighted by Gasteiger charge is -2.16. The molecule has 0 aliphatic carbocycles. The third-order valence-electron chi connectivity index (χ3n) is 26.4. The zero-order valence-electron chi connectivity index (χ0n) is 70.7. The highest BCUT2D eigenvalue weighted by atomic mass is 15.0. The summed E-state index contributed by atoms with van der Waals surface area (Å²) in [7, 11) is 0. The first-order valence-corrected chi connectivity index (χ1v) is 44.5. The number of fused-ring (bicyclic) bond motifs is 18. The van der Waals surface area contributed by atoms with Gasteiger partial charge in [0.2, 0.25) is 0 Å². The quantitative estimate of drug-likeness (QED) is 0.122. The van der Waals surface area contributed by atoms with Crippen molar-refractivity contribution in [1.82, 2.24) is 29.1 Å². The van der Waals surface area contributed by atoms with Crippen LogP contribution in [0.4, 0.5) is 0 Å². The zero-order chi connectivity index (χ0) is 85.7. The molecule has 0 N–H and O–H groups in total. The summed E-state index contributed by atoms with van der Waals surface area (Å²) in [5.74, 6) is 1.40. The van der Waals surface area contributed by atoms with Crippen LogP contribution >= 0.6 is 0 Å². The lowest BCUT2D eigenvalue weighted by Crippen LogP contribution is -1.99. The number of rotatable bonds is 12. The van der Waals surface area contributed by atoms with Crippen molar-refractivity contribution in [2.24, 2.45) is 0 Å². The van der Waals surface area contributed by atoms with Crippen LogP contribution in [0.15, 0.2) is 473 Å². The van der Waals surface area contributed by atoms with Crippen LogP contribution in [0.3, 0.4) is 0 Å². The van der Waals surface area contributed by atoms with Crippen LogP contribution in [-0.4, -0.2) is 29.1 Å². The highest BCUT2D eigenvalue weighted by molar-refractivity contribution is 6.31. The smallest absolute Gasteiger partial charge is 0.161 e. The second-order valence-corrected chi connectivity index (χ2v) is 33.8. The summed E-state index contributed by atoms with van der Waals surface area (Å²) in [4.78, 5) is 21.4. The third-order valence-corrected chi connectivity index (χ3v) is 26.4. The van der Waals surface area contributed by atoms with Crippen molar-refractivity contribution in [3.05, 3.63) is 473 Å². The number of nitrogens with zero attached hydrogens (tertiary/aromatic N) is 6. The zero-order valence-corrected chi connectivity index (χ0v) is 70.7. The van der Waals surface area contributed by atoms with Crippen molar-refractivity contribution in [3.8, 4) is 123 Å². The molecule has 22 aromatic carbocycles. The Hall–Kier alpha value is -17.3. The van der Waals surface area contributed by atoms with Gasteiger partial charge < -0.3 is 9.13 Å². The average molecular weight is 1650 g/mol. The third kappa shape index (κ3) is 12.9. The molecular weight excluding hydrogens is 1570 g/mol. The number of aromatic nitrogens is 6. The fourth-order valence-electron chi connectivity index (χ4n) is 20.2. The van der Waals surface area contributed by atoms with Gasteiger partial charge in [0.1, 0.15) is 0 Å². The molecule has 0 amide bonds. The molecule has 0 atom stereocenters. The van der Waals surface area contributed by atoms with Gasteiger partial charge in [0.15, 0.2) is 11.6 Å². The minimum absolute atomic E-state index is 0.701. The van der Waals surface area contributed by atoms with Gasteiger partial charge in [-0.05, 0) is 199 Å². The van der Waals surface area contributed by atoms with Crippen molar-refractivity contribution in [2.45, 2.75) is 0 Å². The Balaban J connectivity index is 0.000000140. The van der Waals surface area contributed by atoms with E-state index in [2.05, 4.69) is 482 Å². The molecule has 6 heteroatoms. The molecule has 0 fully saturated rings. The predicted octanol–water partition coefficient (Wildman–Crippen LogP) is 33.0. The Kier molecular flexibility index (Phi) is 18.2. The molecule has 0 spiro atoms. The molecule has 130 heavy (non-hydrogen) atoms. The second-order valence-electron chi connectivity index (χ2n) is 33.8. The van der Waals surface area contributed by atoms with Crippen LogP contribution in [0.5, 0.6) is 0 Å². The molecule has 0 bridgehead atoms. The van der Waals surface area contributed by atoms with E-state index >= 15 is 0 Å². The van der Waals surface area contributed by atoms with E-state index in [4.69, 9.17) is 19.9 Å². The molecule has 0 saturated carbocycles. The molecule has 26 aromatic rings. The Bertz CT molecular complexity index is 8990. The highest BCUT2D eigenvalue weighted by Gasteiger charge is 2.26. The Morgan fingerprint density at radius 1 is 0.146 bits per heavy atom. The fraction of sp³-hybridized carbons (Fsp3) is 0. The molecule has 26 rings (SSSR count). The molecule has 0 aliphatic rings. The van der Waals surface area contributed by atoms with Gasteiger partial charge in [-0.15, -0.1) is 0 Å². The van der Waals surface area contributed by atoms with Crippen molar-refractivity contribution in [1.29, 1.82) is 0 Å². The average Bonchev–Trinajstić information content (AvgIpc) is 1.55. The summed E-state index contributed by atoms with van der Waals surface area (Å²) in [6.45, 7) is 0. The predicted molar refractivity (Wildman–Crippen MR) is 547 cm³/mol. The summed E-state index contributed by atoms with van der Waals surface area (Å²) >= 11 is 0. The first-order valence-electron chi connectivity index (χ1n) is 44.5. The Morgan fingerprint density at radius 2 is 0.431 bits per heavy atom. The van der Waals surface area contributed by atoms with Gasteiger partial charge in [-0.1, -0.05) is 394 Å². The second kappa shape index (κ2) is 31.4. The largest absolute Gasteiger partial charge is 0.309 e. The molecule has 4 heterocycles. The minimum Gasteiger partial charge on any atom is -0.309 e. The van der Waals surface area contributed by atoms with E-state index in [1.54, 1.807) is 0 Å². The fourth-order valence-corrected chi connectivity index (χ4v) is 20.2. The molecule has 0 radical (unpaired) electrons. The number of benzene rings is 22. The SMILES string of the molecule is c1ccc(-c2ccc(-c3ccc(-c4nc(-c5ccc(-n6c7ccc8ccccc8c7c7c8ccc(-c9ccccc9)cc8ccc76)c6ccccc56)nc5ccccc45)cc3)cc2)cc1.c1ccc(-c2ccc(-c3cccc(-c4nc(-c5ccc(-n6c7ccc8ccccc8c7c7c8cc(-c9ccccc9)ccc8ccc76)c6ccccc56)nc5ccccc45)c3)cc2)cc1. The van der Waals surface area contributed by atoms with Gasteiger partial charge in [0.25, 0.3) is 0 Å². The van der Waals surface area contributed by atoms with Gasteiger partial charge in [-0.2, -0.15) is 0 Å². The summed E-state index contributed by atoms with van der Waals surface area (Å²) in [5, 5.41) is 21.5. The molecule has 0 aliphatic heterocycles. The Morgan fingerprint density at radius 3 is 0.885 bits per heavy atom. The normalized spacial score (nSPS) is 11.7. The van der Waals surface area contributed by atoms with Gasteiger partial charge in [0.05, 0.1) is 55.9 Å². The van der Waals surface area contributed by atoms with Crippen LogP contribution in [0.1, 0.15) is 0 Å². The number of hydrogen-bond acceptors (Lipinski definition) is 4. The molecule has 6 nitrogen and oxygen atoms in total. The van der Waals surface area contributed by atoms with E-state index < -0.39 is 0 Å². The molecule has 4 aromatic heterocycles. The van der Waals surface area contributed by atoms with E-state index in [0.29, 0.717) is 11.6 Å². The maximum absolute atomic E-state index is 5.46. The summed E-state index contributed by atoms with van der Waals surface area (Å²) in [6.07, 6.45) is 0. The maximum atomic E-state index is 5.46. The lowest BCUT2D eigenvalue weighted by molar-refractivity contribution is 1.19. The van der Waals surface area contributed by atoms with Crippen LogP contribution in [0.25, 0.3) is 253 Å². The van der Waals surface area contributed by atoms with E-state index in [-0.39, 0.29) is 0 Å². The van der Waals surface area contributed by atoms with Crippen LogP contribution in [0.2, 0.25) is 0 Å². The molecule has 0 unspecified atom stereocenters.